The predicted octanol–water partition coefficient (Wildman–Crippen LogP) is 4.18. The van der Waals surface area contributed by atoms with Gasteiger partial charge in [-0.2, -0.15) is 11.8 Å². The number of methoxy groups -OCH3 is 1. The molecule has 2 aromatic carbocycles. The molecule has 136 valence electrons. The fraction of sp³-hybridized carbons (Fsp3) is 0.333. The number of hydrogen-bond acceptors (Lipinski definition) is 4. The maximum Gasteiger partial charge on any atom is 0.241 e. The van der Waals surface area contributed by atoms with Gasteiger partial charge in [0.05, 0.1) is 12.0 Å². The predicted molar refractivity (Wildman–Crippen MR) is 105 cm³/mol. The van der Waals surface area contributed by atoms with Gasteiger partial charge in [-0.25, -0.2) is 13.1 Å². The molecule has 0 unspecified atom stereocenters. The van der Waals surface area contributed by atoms with Gasteiger partial charge in [0.25, 0.3) is 0 Å². The van der Waals surface area contributed by atoms with Crippen molar-refractivity contribution in [3.63, 3.8) is 0 Å². The fourth-order valence-corrected chi connectivity index (χ4v) is 5.32. The Kier molecular flexibility index (Phi) is 7.19. The lowest BCUT2D eigenvalue weighted by Gasteiger charge is -2.13. The molecule has 1 N–H and O–H groups in total. The summed E-state index contributed by atoms with van der Waals surface area (Å²) in [5, 5.41) is 0.736. The summed E-state index contributed by atoms with van der Waals surface area (Å²) >= 11 is 7.75. The number of halogens is 1. The van der Waals surface area contributed by atoms with Crippen molar-refractivity contribution in [1.82, 2.24) is 4.72 Å². The minimum atomic E-state index is -3.54. The van der Waals surface area contributed by atoms with Crippen LogP contribution in [0.25, 0.3) is 0 Å². The van der Waals surface area contributed by atoms with Gasteiger partial charge >= 0.3 is 0 Å². The molecule has 25 heavy (non-hydrogen) atoms. The van der Waals surface area contributed by atoms with E-state index in [1.807, 2.05) is 24.3 Å². The van der Waals surface area contributed by atoms with Crippen molar-refractivity contribution in [3.8, 4) is 5.75 Å². The highest BCUT2D eigenvalue weighted by Gasteiger charge is 2.20. The quantitative estimate of drug-likeness (QED) is 0.676. The molecule has 4 nitrogen and oxygen atoms in total. The average Bonchev–Trinajstić information content (AvgIpc) is 2.55. The van der Waals surface area contributed by atoms with Crippen molar-refractivity contribution < 1.29 is 13.2 Å². The average molecular weight is 400 g/mol. The van der Waals surface area contributed by atoms with Crippen LogP contribution in [0.3, 0.4) is 0 Å². The van der Waals surface area contributed by atoms with Crippen LogP contribution in [0.4, 0.5) is 0 Å². The minimum absolute atomic E-state index is 0.324. The van der Waals surface area contributed by atoms with Gasteiger partial charge in [-0.1, -0.05) is 29.8 Å². The Morgan fingerprint density at radius 3 is 2.40 bits per heavy atom. The number of rotatable bonds is 8. The highest BCUT2D eigenvalue weighted by atomic mass is 35.5. The maximum atomic E-state index is 12.6. The molecule has 0 aliphatic rings. The van der Waals surface area contributed by atoms with Gasteiger partial charge in [-0.05, 0) is 48.7 Å². The third-order valence-electron chi connectivity index (χ3n) is 3.69. The molecule has 0 aromatic heterocycles. The lowest BCUT2D eigenvalue weighted by molar-refractivity contribution is 0.413. The zero-order valence-corrected chi connectivity index (χ0v) is 16.9. The molecule has 2 rings (SSSR count). The monoisotopic (exact) mass is 399 g/mol. The van der Waals surface area contributed by atoms with E-state index in [0.717, 1.165) is 16.3 Å². The maximum absolute atomic E-state index is 12.6. The Bertz CT molecular complexity index is 815. The van der Waals surface area contributed by atoms with Crippen molar-refractivity contribution in [3.05, 3.63) is 58.1 Å². The topological polar surface area (TPSA) is 55.4 Å². The van der Waals surface area contributed by atoms with Crippen LogP contribution in [-0.4, -0.2) is 27.8 Å². The standard InChI is InChI=1S/C18H22ClNO3S2/c1-13-10-16(23-3)11-14(2)18(13)25(21,22)20-8-9-24-12-15-6-4-5-7-17(15)19/h4-7,10-11,20H,8-9,12H2,1-3H3. The van der Waals surface area contributed by atoms with E-state index >= 15 is 0 Å². The molecular formula is C18H22ClNO3S2. The van der Waals surface area contributed by atoms with Crippen LogP contribution in [-0.2, 0) is 15.8 Å². The molecule has 0 spiro atoms. The van der Waals surface area contributed by atoms with E-state index in [1.165, 1.54) is 0 Å². The molecule has 2 aromatic rings. The molecule has 0 heterocycles. The van der Waals surface area contributed by atoms with Gasteiger partial charge in [-0.3, -0.25) is 0 Å². The van der Waals surface area contributed by atoms with Gasteiger partial charge in [-0.15, -0.1) is 0 Å². The molecule has 0 fully saturated rings. The van der Waals surface area contributed by atoms with E-state index in [2.05, 4.69) is 4.72 Å². The molecule has 0 amide bonds. The van der Waals surface area contributed by atoms with Crippen LogP contribution < -0.4 is 9.46 Å². The summed E-state index contributed by atoms with van der Waals surface area (Å²) in [5.74, 6) is 2.07. The second-order valence-electron chi connectivity index (χ2n) is 5.63. The number of benzene rings is 2. The normalized spacial score (nSPS) is 11.5. The van der Waals surface area contributed by atoms with Gasteiger partial charge in [0, 0.05) is 23.1 Å². The van der Waals surface area contributed by atoms with E-state index in [0.29, 0.717) is 34.1 Å². The number of sulfonamides is 1. The Morgan fingerprint density at radius 2 is 1.80 bits per heavy atom. The summed E-state index contributed by atoms with van der Waals surface area (Å²) in [7, 11) is -1.98. The van der Waals surface area contributed by atoms with Crippen molar-refractivity contribution in [1.29, 1.82) is 0 Å². The van der Waals surface area contributed by atoms with Crippen molar-refractivity contribution >= 4 is 33.4 Å². The molecule has 7 heteroatoms. The number of ether oxygens (including phenoxy) is 1. The summed E-state index contributed by atoms with van der Waals surface area (Å²) in [6, 6.07) is 11.1. The van der Waals surface area contributed by atoms with Crippen LogP contribution in [0.2, 0.25) is 5.02 Å². The van der Waals surface area contributed by atoms with E-state index in [-0.39, 0.29) is 0 Å². The first-order valence-electron chi connectivity index (χ1n) is 7.81. The summed E-state index contributed by atoms with van der Waals surface area (Å²) in [4.78, 5) is 0.324. The Balaban J connectivity index is 1.93. The highest BCUT2D eigenvalue weighted by Crippen LogP contribution is 2.25. The third kappa shape index (κ3) is 5.38. The summed E-state index contributed by atoms with van der Waals surface area (Å²) in [6.07, 6.45) is 0. The van der Waals surface area contributed by atoms with Crippen molar-refractivity contribution in [2.75, 3.05) is 19.4 Å². The Labute approximate surface area is 159 Å². The highest BCUT2D eigenvalue weighted by molar-refractivity contribution is 7.98. The van der Waals surface area contributed by atoms with Crippen LogP contribution in [0, 0.1) is 13.8 Å². The zero-order chi connectivity index (χ0) is 18.4. The molecule has 0 saturated carbocycles. The first-order chi connectivity index (χ1) is 11.8. The minimum Gasteiger partial charge on any atom is -0.497 e. The van der Waals surface area contributed by atoms with Crippen LogP contribution in [0.15, 0.2) is 41.3 Å². The van der Waals surface area contributed by atoms with E-state index in [4.69, 9.17) is 16.3 Å². The van der Waals surface area contributed by atoms with E-state index in [9.17, 15) is 8.42 Å². The van der Waals surface area contributed by atoms with Crippen molar-refractivity contribution in [2.45, 2.75) is 24.5 Å². The fourth-order valence-electron chi connectivity index (χ4n) is 2.57. The molecule has 0 atom stereocenters. The smallest absolute Gasteiger partial charge is 0.241 e. The van der Waals surface area contributed by atoms with Crippen molar-refractivity contribution in [2.24, 2.45) is 0 Å². The van der Waals surface area contributed by atoms with Gasteiger partial charge < -0.3 is 4.74 Å². The lowest BCUT2D eigenvalue weighted by atomic mass is 10.1. The number of aryl methyl sites for hydroxylation is 2. The number of thioether (sulfide) groups is 1. The molecule has 0 radical (unpaired) electrons. The molecular weight excluding hydrogens is 378 g/mol. The van der Waals surface area contributed by atoms with Gasteiger partial charge in [0.1, 0.15) is 5.75 Å². The summed E-state index contributed by atoms with van der Waals surface area (Å²) < 4.78 is 33.0. The lowest BCUT2D eigenvalue weighted by Crippen LogP contribution is -2.27. The second-order valence-corrected chi connectivity index (χ2v) is 8.85. The Morgan fingerprint density at radius 1 is 1.16 bits per heavy atom. The molecule has 0 saturated heterocycles. The largest absolute Gasteiger partial charge is 0.497 e. The number of hydrogen-bond donors (Lipinski definition) is 1. The SMILES string of the molecule is COc1cc(C)c(S(=O)(=O)NCCSCc2ccccc2Cl)c(C)c1. The number of nitrogens with one attached hydrogen (secondary N) is 1. The molecule has 0 bridgehead atoms. The van der Waals surface area contributed by atoms with Crippen LogP contribution >= 0.6 is 23.4 Å². The summed E-state index contributed by atoms with van der Waals surface area (Å²) in [6.45, 7) is 3.91. The van der Waals surface area contributed by atoms with Crippen LogP contribution in [0.1, 0.15) is 16.7 Å². The first-order valence-corrected chi connectivity index (χ1v) is 10.8. The summed E-state index contributed by atoms with van der Waals surface area (Å²) in [5.41, 5.74) is 2.40. The second kappa shape index (κ2) is 8.94. The first kappa shape index (κ1) is 20.1. The van der Waals surface area contributed by atoms with E-state index in [1.54, 1.807) is 44.9 Å². The van der Waals surface area contributed by atoms with Gasteiger partial charge in [0.2, 0.25) is 10.0 Å². The zero-order valence-electron chi connectivity index (χ0n) is 14.5. The molecule has 0 aliphatic heterocycles. The Hall–Kier alpha value is -1.21. The van der Waals surface area contributed by atoms with Gasteiger partial charge in [0.15, 0.2) is 0 Å². The third-order valence-corrected chi connectivity index (χ3v) is 6.83. The van der Waals surface area contributed by atoms with E-state index < -0.39 is 10.0 Å². The molecule has 0 aliphatic carbocycles. The van der Waals surface area contributed by atoms with Crippen LogP contribution in [0.5, 0.6) is 5.75 Å².